The fourth-order valence-corrected chi connectivity index (χ4v) is 3.65. The van der Waals surface area contributed by atoms with Crippen LogP contribution in [0.25, 0.3) is 11.4 Å². The van der Waals surface area contributed by atoms with Gasteiger partial charge in [-0.25, -0.2) is 4.79 Å². The van der Waals surface area contributed by atoms with Crippen molar-refractivity contribution >= 4 is 5.97 Å². The number of ether oxygens (including phenoxy) is 2. The Balaban J connectivity index is 1.29. The maximum absolute atomic E-state index is 11.7. The third kappa shape index (κ3) is 5.28. The Kier molecular flexibility index (Phi) is 6.59. The second-order valence-corrected chi connectivity index (χ2v) is 7.48. The standard InChI is InChI=1S/C23H26N4O4/c1-29-20-8-6-18(7-9-20)22-24-21(31-25-22)16-27-12-10-26(11-13-27)15-17-4-3-5-19(14-17)23(28)30-2/h3-9,14H,10-13,15-16H2,1-2H3. The van der Waals surface area contributed by atoms with Crippen molar-refractivity contribution in [1.82, 2.24) is 19.9 Å². The molecule has 0 bridgehead atoms. The molecule has 3 aromatic rings. The van der Waals surface area contributed by atoms with Gasteiger partial charge < -0.3 is 14.0 Å². The number of rotatable bonds is 7. The molecule has 0 radical (unpaired) electrons. The van der Waals surface area contributed by atoms with Crippen molar-refractivity contribution in [3.63, 3.8) is 0 Å². The maximum Gasteiger partial charge on any atom is 0.337 e. The number of carbonyl (C=O) groups is 1. The molecular weight excluding hydrogens is 396 g/mol. The first-order valence-corrected chi connectivity index (χ1v) is 10.2. The number of hydrogen-bond acceptors (Lipinski definition) is 8. The van der Waals surface area contributed by atoms with E-state index in [0.29, 0.717) is 23.8 Å². The fraction of sp³-hybridized carbons (Fsp3) is 0.348. The van der Waals surface area contributed by atoms with Gasteiger partial charge in [0.1, 0.15) is 5.75 Å². The van der Waals surface area contributed by atoms with Gasteiger partial charge in [-0.1, -0.05) is 17.3 Å². The molecule has 1 aliphatic rings. The van der Waals surface area contributed by atoms with Crippen LogP contribution in [-0.4, -0.2) is 66.3 Å². The Morgan fingerprint density at radius 2 is 1.71 bits per heavy atom. The highest BCUT2D eigenvalue weighted by molar-refractivity contribution is 5.89. The van der Waals surface area contributed by atoms with E-state index in [2.05, 4.69) is 19.9 Å². The lowest BCUT2D eigenvalue weighted by molar-refractivity contribution is 0.0600. The van der Waals surface area contributed by atoms with Crippen LogP contribution in [0.2, 0.25) is 0 Å². The van der Waals surface area contributed by atoms with Gasteiger partial charge in [0.05, 0.1) is 26.3 Å². The number of benzene rings is 2. The summed E-state index contributed by atoms with van der Waals surface area (Å²) in [6.07, 6.45) is 0. The van der Waals surface area contributed by atoms with E-state index in [9.17, 15) is 4.79 Å². The van der Waals surface area contributed by atoms with Gasteiger partial charge >= 0.3 is 5.97 Å². The molecule has 8 heteroatoms. The average molecular weight is 422 g/mol. The van der Waals surface area contributed by atoms with Crippen molar-refractivity contribution in [3.05, 3.63) is 65.5 Å². The molecule has 0 atom stereocenters. The van der Waals surface area contributed by atoms with E-state index in [0.717, 1.165) is 49.6 Å². The number of carbonyl (C=O) groups excluding carboxylic acids is 1. The highest BCUT2D eigenvalue weighted by Crippen LogP contribution is 2.20. The summed E-state index contributed by atoms with van der Waals surface area (Å²) in [5, 5.41) is 4.11. The van der Waals surface area contributed by atoms with Crippen LogP contribution in [-0.2, 0) is 17.8 Å². The Labute approximate surface area is 181 Å². The number of hydrogen-bond donors (Lipinski definition) is 0. The van der Waals surface area contributed by atoms with Crippen LogP contribution in [0.4, 0.5) is 0 Å². The Bertz CT molecular complexity index is 1010. The molecule has 0 spiro atoms. The molecule has 2 heterocycles. The molecule has 1 aromatic heterocycles. The molecule has 2 aromatic carbocycles. The normalized spacial score (nSPS) is 15.0. The largest absolute Gasteiger partial charge is 0.497 e. The van der Waals surface area contributed by atoms with E-state index in [1.807, 2.05) is 42.5 Å². The molecule has 0 saturated carbocycles. The first-order chi connectivity index (χ1) is 15.1. The number of nitrogens with zero attached hydrogens (tertiary/aromatic N) is 4. The molecule has 162 valence electrons. The van der Waals surface area contributed by atoms with E-state index >= 15 is 0 Å². The number of piperazine rings is 1. The van der Waals surface area contributed by atoms with Gasteiger partial charge in [-0.3, -0.25) is 9.80 Å². The van der Waals surface area contributed by atoms with Gasteiger partial charge in [-0.05, 0) is 42.0 Å². The molecule has 0 amide bonds. The van der Waals surface area contributed by atoms with Crippen LogP contribution < -0.4 is 4.74 Å². The molecular formula is C23H26N4O4. The van der Waals surface area contributed by atoms with Crippen molar-refractivity contribution in [2.24, 2.45) is 0 Å². The van der Waals surface area contributed by atoms with Crippen molar-refractivity contribution in [2.75, 3.05) is 40.4 Å². The van der Waals surface area contributed by atoms with E-state index in [4.69, 9.17) is 14.0 Å². The molecule has 0 N–H and O–H groups in total. The van der Waals surface area contributed by atoms with Crippen LogP contribution in [0.1, 0.15) is 21.8 Å². The number of methoxy groups -OCH3 is 2. The Hall–Kier alpha value is -3.23. The summed E-state index contributed by atoms with van der Waals surface area (Å²) < 4.78 is 15.4. The van der Waals surface area contributed by atoms with Crippen LogP contribution in [0.3, 0.4) is 0 Å². The predicted molar refractivity (Wildman–Crippen MR) is 115 cm³/mol. The zero-order valence-electron chi connectivity index (χ0n) is 17.8. The lowest BCUT2D eigenvalue weighted by Crippen LogP contribution is -2.45. The van der Waals surface area contributed by atoms with E-state index < -0.39 is 0 Å². The van der Waals surface area contributed by atoms with E-state index in [-0.39, 0.29) is 5.97 Å². The molecule has 1 fully saturated rings. The summed E-state index contributed by atoms with van der Waals surface area (Å²) in [5.41, 5.74) is 2.59. The maximum atomic E-state index is 11.7. The average Bonchev–Trinajstić information content (AvgIpc) is 3.28. The van der Waals surface area contributed by atoms with Gasteiger partial charge in [-0.2, -0.15) is 4.98 Å². The SMILES string of the molecule is COC(=O)c1cccc(CN2CCN(Cc3nc(-c4ccc(OC)cc4)no3)CC2)c1. The Morgan fingerprint density at radius 3 is 2.39 bits per heavy atom. The minimum Gasteiger partial charge on any atom is -0.497 e. The third-order valence-corrected chi connectivity index (χ3v) is 5.39. The summed E-state index contributed by atoms with van der Waals surface area (Å²) in [7, 11) is 3.04. The lowest BCUT2D eigenvalue weighted by Gasteiger charge is -2.33. The van der Waals surface area contributed by atoms with Crippen molar-refractivity contribution in [1.29, 1.82) is 0 Å². The summed E-state index contributed by atoms with van der Waals surface area (Å²) in [6, 6.07) is 15.2. The number of aromatic nitrogens is 2. The fourth-order valence-electron chi connectivity index (χ4n) is 3.65. The first kappa shape index (κ1) is 21.0. The van der Waals surface area contributed by atoms with Crippen molar-refractivity contribution in [2.45, 2.75) is 13.1 Å². The van der Waals surface area contributed by atoms with Crippen LogP contribution >= 0.6 is 0 Å². The molecule has 0 unspecified atom stereocenters. The minimum atomic E-state index is -0.305. The first-order valence-electron chi connectivity index (χ1n) is 10.2. The van der Waals surface area contributed by atoms with Crippen LogP contribution in [0.5, 0.6) is 5.75 Å². The van der Waals surface area contributed by atoms with E-state index in [1.54, 1.807) is 13.2 Å². The molecule has 8 nitrogen and oxygen atoms in total. The molecule has 0 aliphatic carbocycles. The summed E-state index contributed by atoms with van der Waals surface area (Å²) >= 11 is 0. The second kappa shape index (κ2) is 9.72. The van der Waals surface area contributed by atoms with Gasteiger partial charge in [0.25, 0.3) is 0 Å². The quantitative estimate of drug-likeness (QED) is 0.538. The predicted octanol–water partition coefficient (Wildman–Crippen LogP) is 2.85. The highest BCUT2D eigenvalue weighted by atomic mass is 16.5. The summed E-state index contributed by atoms with van der Waals surface area (Å²) in [4.78, 5) is 21.0. The monoisotopic (exact) mass is 422 g/mol. The van der Waals surface area contributed by atoms with E-state index in [1.165, 1.54) is 7.11 Å². The lowest BCUT2D eigenvalue weighted by atomic mass is 10.1. The van der Waals surface area contributed by atoms with Crippen LogP contribution in [0.15, 0.2) is 53.1 Å². The minimum absolute atomic E-state index is 0.305. The molecule has 1 aliphatic heterocycles. The van der Waals surface area contributed by atoms with Gasteiger partial charge in [-0.15, -0.1) is 0 Å². The second-order valence-electron chi connectivity index (χ2n) is 7.48. The zero-order chi connectivity index (χ0) is 21.6. The summed E-state index contributed by atoms with van der Waals surface area (Å²) in [6.45, 7) is 5.13. The molecule has 31 heavy (non-hydrogen) atoms. The third-order valence-electron chi connectivity index (χ3n) is 5.39. The van der Waals surface area contributed by atoms with Crippen LogP contribution in [0, 0.1) is 0 Å². The van der Waals surface area contributed by atoms with Crippen molar-refractivity contribution < 1.29 is 18.8 Å². The van der Waals surface area contributed by atoms with Gasteiger partial charge in [0, 0.05) is 38.3 Å². The topological polar surface area (TPSA) is 80.9 Å². The molecule has 1 saturated heterocycles. The van der Waals surface area contributed by atoms with Gasteiger partial charge in [0.15, 0.2) is 0 Å². The Morgan fingerprint density at radius 1 is 1.00 bits per heavy atom. The summed E-state index contributed by atoms with van der Waals surface area (Å²) in [5.74, 6) is 1.69. The number of esters is 1. The smallest absolute Gasteiger partial charge is 0.337 e. The highest BCUT2D eigenvalue weighted by Gasteiger charge is 2.20. The zero-order valence-corrected chi connectivity index (χ0v) is 17.8. The van der Waals surface area contributed by atoms with Crippen molar-refractivity contribution in [3.8, 4) is 17.1 Å². The van der Waals surface area contributed by atoms with Gasteiger partial charge in [0.2, 0.25) is 11.7 Å². The molecule has 4 rings (SSSR count).